The molecule has 1 atom stereocenters. The van der Waals surface area contributed by atoms with Crippen molar-refractivity contribution >= 4 is 17.8 Å². The van der Waals surface area contributed by atoms with Crippen molar-refractivity contribution in [3.8, 4) is 0 Å². The first-order valence-electron chi connectivity index (χ1n) is 10.0. The van der Waals surface area contributed by atoms with Crippen LogP contribution in [-0.4, -0.2) is 65.7 Å². The lowest BCUT2D eigenvalue weighted by Gasteiger charge is -2.33. The number of ether oxygens (including phenoxy) is 1. The number of anilines is 2. The van der Waals surface area contributed by atoms with Crippen LogP contribution in [0.4, 0.5) is 11.9 Å². The van der Waals surface area contributed by atoms with Crippen molar-refractivity contribution in [3.63, 3.8) is 0 Å². The van der Waals surface area contributed by atoms with Gasteiger partial charge in [-0.2, -0.15) is 0 Å². The zero-order valence-corrected chi connectivity index (χ0v) is 17.2. The van der Waals surface area contributed by atoms with Crippen molar-refractivity contribution in [2.75, 3.05) is 43.6 Å². The molecule has 0 spiro atoms. The summed E-state index contributed by atoms with van der Waals surface area (Å²) < 4.78 is 5.46. The number of rotatable bonds is 4. The van der Waals surface area contributed by atoms with Crippen molar-refractivity contribution < 1.29 is 9.53 Å². The highest BCUT2D eigenvalue weighted by molar-refractivity contribution is 5.95. The lowest BCUT2D eigenvalue weighted by molar-refractivity contribution is 0.0931. The monoisotopic (exact) mass is 397 g/mol. The number of fused-ring (bicyclic) bond motifs is 1. The lowest BCUT2D eigenvalue weighted by atomic mass is 10.1. The van der Waals surface area contributed by atoms with Gasteiger partial charge in [-0.1, -0.05) is 0 Å². The molecule has 4 rings (SSSR count). The predicted octanol–water partition coefficient (Wildman–Crippen LogP) is 1.11. The summed E-state index contributed by atoms with van der Waals surface area (Å²) in [5, 5.41) is 3.14. The molecule has 0 aromatic carbocycles. The van der Waals surface area contributed by atoms with Crippen LogP contribution in [0.1, 0.15) is 40.2 Å². The van der Waals surface area contributed by atoms with Crippen molar-refractivity contribution in [2.45, 2.75) is 38.8 Å². The van der Waals surface area contributed by atoms with Gasteiger partial charge < -0.3 is 19.9 Å². The number of aryl methyl sites for hydroxylation is 1. The molecule has 0 saturated carbocycles. The Labute approximate surface area is 170 Å². The minimum absolute atomic E-state index is 0.0344. The van der Waals surface area contributed by atoms with Crippen molar-refractivity contribution in [1.82, 2.24) is 25.3 Å². The fourth-order valence-electron chi connectivity index (χ4n) is 3.70. The Kier molecular flexibility index (Phi) is 5.57. The minimum atomic E-state index is -0.136. The summed E-state index contributed by atoms with van der Waals surface area (Å²) in [6.07, 6.45) is 6.19. The molecule has 1 amide bonds. The van der Waals surface area contributed by atoms with Crippen LogP contribution >= 0.6 is 0 Å². The van der Waals surface area contributed by atoms with E-state index in [1.807, 2.05) is 32.1 Å². The molecule has 1 fully saturated rings. The average Bonchev–Trinajstić information content (AvgIpc) is 2.73. The zero-order chi connectivity index (χ0) is 20.4. The number of piperidine rings is 1. The van der Waals surface area contributed by atoms with Crippen LogP contribution in [0.25, 0.3) is 0 Å². The Morgan fingerprint density at radius 2 is 2.14 bits per heavy atom. The zero-order valence-electron chi connectivity index (χ0n) is 17.2. The first-order chi connectivity index (χ1) is 14.0. The second-order valence-electron chi connectivity index (χ2n) is 7.77. The molecule has 0 aliphatic carbocycles. The van der Waals surface area contributed by atoms with Crippen molar-refractivity contribution in [3.05, 3.63) is 34.9 Å². The maximum atomic E-state index is 12.8. The van der Waals surface area contributed by atoms with E-state index in [-0.39, 0.29) is 11.9 Å². The number of aromatic nitrogens is 4. The summed E-state index contributed by atoms with van der Waals surface area (Å²) >= 11 is 0. The van der Waals surface area contributed by atoms with E-state index in [4.69, 9.17) is 9.72 Å². The van der Waals surface area contributed by atoms with Crippen LogP contribution in [-0.2, 0) is 17.8 Å². The molecule has 2 aromatic heterocycles. The first kappa shape index (κ1) is 19.5. The van der Waals surface area contributed by atoms with Gasteiger partial charge in [0.1, 0.15) is 0 Å². The standard InChI is InChI=1S/C20H27N7O2/c1-13-16(10-22-19(23-13)26(2)3)18(28)24-15-5-4-7-27(11-15)20-21-9-14-12-29-8-6-17(14)25-20/h9-10,15H,4-8,11-12H2,1-3H3,(H,24,28)/t15-/m1/s1. The van der Waals surface area contributed by atoms with Crippen LogP contribution in [0.15, 0.2) is 12.4 Å². The maximum absolute atomic E-state index is 12.8. The number of nitrogens with zero attached hydrogens (tertiary/aromatic N) is 6. The number of hydrogen-bond donors (Lipinski definition) is 1. The number of carbonyl (C=O) groups excluding carboxylic acids is 1. The van der Waals surface area contributed by atoms with Crippen molar-refractivity contribution in [1.29, 1.82) is 0 Å². The quantitative estimate of drug-likeness (QED) is 0.820. The summed E-state index contributed by atoms with van der Waals surface area (Å²) in [6.45, 7) is 4.71. The molecule has 2 aromatic rings. The van der Waals surface area contributed by atoms with E-state index < -0.39 is 0 Å². The van der Waals surface area contributed by atoms with E-state index in [0.717, 1.165) is 43.0 Å². The van der Waals surface area contributed by atoms with Gasteiger partial charge in [0.05, 0.1) is 30.2 Å². The Morgan fingerprint density at radius 1 is 1.28 bits per heavy atom. The summed E-state index contributed by atoms with van der Waals surface area (Å²) in [7, 11) is 3.75. The molecule has 0 radical (unpaired) electrons. The molecule has 2 aliphatic heterocycles. The van der Waals surface area contributed by atoms with E-state index in [1.54, 1.807) is 6.20 Å². The summed E-state index contributed by atoms with van der Waals surface area (Å²) in [5.41, 5.74) is 3.33. The number of nitrogens with one attached hydrogen (secondary N) is 1. The fraction of sp³-hybridized carbons (Fsp3) is 0.550. The second-order valence-corrected chi connectivity index (χ2v) is 7.77. The molecule has 2 aliphatic rings. The Bertz CT molecular complexity index is 902. The third kappa shape index (κ3) is 4.29. The topological polar surface area (TPSA) is 96.4 Å². The highest BCUT2D eigenvalue weighted by atomic mass is 16.5. The third-order valence-electron chi connectivity index (χ3n) is 5.33. The summed E-state index contributed by atoms with van der Waals surface area (Å²) in [4.78, 5) is 34.7. The minimum Gasteiger partial charge on any atom is -0.376 e. The summed E-state index contributed by atoms with van der Waals surface area (Å²) in [6, 6.07) is 0.0344. The smallest absolute Gasteiger partial charge is 0.254 e. The fourth-order valence-corrected chi connectivity index (χ4v) is 3.70. The molecule has 154 valence electrons. The number of hydrogen-bond acceptors (Lipinski definition) is 8. The normalized spacial score (nSPS) is 18.9. The van der Waals surface area contributed by atoms with Gasteiger partial charge in [-0.25, -0.2) is 19.9 Å². The van der Waals surface area contributed by atoms with Gasteiger partial charge in [-0.05, 0) is 19.8 Å². The van der Waals surface area contributed by atoms with Gasteiger partial charge >= 0.3 is 0 Å². The number of amides is 1. The van der Waals surface area contributed by atoms with Crippen LogP contribution < -0.4 is 15.1 Å². The molecule has 1 saturated heterocycles. The van der Waals surface area contributed by atoms with Crippen molar-refractivity contribution in [2.24, 2.45) is 0 Å². The largest absolute Gasteiger partial charge is 0.376 e. The Hall–Kier alpha value is -2.81. The molecule has 9 heteroatoms. The van der Waals surface area contributed by atoms with Crippen LogP contribution in [0.5, 0.6) is 0 Å². The molecule has 29 heavy (non-hydrogen) atoms. The van der Waals surface area contributed by atoms with Gasteiger partial charge in [0, 0.05) is 57.6 Å². The van der Waals surface area contributed by atoms with E-state index in [1.165, 1.54) is 0 Å². The van der Waals surface area contributed by atoms with E-state index >= 15 is 0 Å². The maximum Gasteiger partial charge on any atom is 0.254 e. The third-order valence-corrected chi connectivity index (χ3v) is 5.33. The van der Waals surface area contributed by atoms with Crippen LogP contribution in [0, 0.1) is 6.92 Å². The first-order valence-corrected chi connectivity index (χ1v) is 10.0. The van der Waals surface area contributed by atoms with Gasteiger partial charge in [0.15, 0.2) is 0 Å². The van der Waals surface area contributed by atoms with E-state index in [9.17, 15) is 4.79 Å². The SMILES string of the molecule is Cc1nc(N(C)C)ncc1C(=O)N[C@@H]1CCCN(c2ncc3c(n2)CCOC3)C1. The summed E-state index contributed by atoms with van der Waals surface area (Å²) in [5.74, 6) is 1.19. The van der Waals surface area contributed by atoms with E-state index in [0.29, 0.717) is 37.0 Å². The van der Waals surface area contributed by atoms with E-state index in [2.05, 4.69) is 25.2 Å². The molecule has 9 nitrogen and oxygen atoms in total. The molecule has 0 unspecified atom stereocenters. The van der Waals surface area contributed by atoms with Gasteiger partial charge in [-0.3, -0.25) is 4.79 Å². The predicted molar refractivity (Wildman–Crippen MR) is 109 cm³/mol. The molecule has 1 N–H and O–H groups in total. The highest BCUT2D eigenvalue weighted by Crippen LogP contribution is 2.20. The number of carbonyl (C=O) groups is 1. The molecule has 4 heterocycles. The molecular formula is C20H27N7O2. The molecule has 0 bridgehead atoms. The van der Waals surface area contributed by atoms with Gasteiger partial charge in [-0.15, -0.1) is 0 Å². The van der Waals surface area contributed by atoms with Gasteiger partial charge in [0.25, 0.3) is 5.91 Å². The Balaban J connectivity index is 1.43. The lowest BCUT2D eigenvalue weighted by Crippen LogP contribution is -2.48. The van der Waals surface area contributed by atoms with Gasteiger partial charge in [0.2, 0.25) is 11.9 Å². The average molecular weight is 397 g/mol. The van der Waals surface area contributed by atoms with Crippen LogP contribution in [0.3, 0.4) is 0 Å². The Morgan fingerprint density at radius 3 is 2.93 bits per heavy atom. The highest BCUT2D eigenvalue weighted by Gasteiger charge is 2.25. The van der Waals surface area contributed by atoms with Crippen LogP contribution in [0.2, 0.25) is 0 Å². The second kappa shape index (κ2) is 8.28. The molecular weight excluding hydrogens is 370 g/mol.